The second-order valence-corrected chi connectivity index (χ2v) is 6.90. The number of piperidine rings is 1. The molecule has 1 rings (SSSR count). The lowest BCUT2D eigenvalue weighted by Crippen LogP contribution is -2.58. The van der Waals surface area contributed by atoms with Crippen LogP contribution in [-0.2, 0) is 4.79 Å². The maximum Gasteiger partial charge on any atom is 0.331 e. The van der Waals surface area contributed by atoms with Gasteiger partial charge >= 0.3 is 5.97 Å². The van der Waals surface area contributed by atoms with E-state index in [4.69, 9.17) is 5.11 Å². The first kappa shape index (κ1) is 15.2. The van der Waals surface area contributed by atoms with E-state index in [2.05, 4.69) is 39.6 Å². The third kappa shape index (κ3) is 2.77. The summed E-state index contributed by atoms with van der Waals surface area (Å²) in [5.41, 5.74) is 1.76. The molecule has 1 heterocycles. The van der Waals surface area contributed by atoms with Crippen LogP contribution in [0.4, 0.5) is 0 Å². The summed E-state index contributed by atoms with van der Waals surface area (Å²) in [6, 6.07) is 0. The Hall–Kier alpha value is -0.830. The van der Waals surface area contributed by atoms with Gasteiger partial charge in [0, 0.05) is 16.7 Å². The first-order valence-corrected chi connectivity index (χ1v) is 6.63. The molecule has 1 aliphatic heterocycles. The van der Waals surface area contributed by atoms with Crippen molar-refractivity contribution in [3.05, 3.63) is 11.1 Å². The zero-order valence-corrected chi connectivity index (χ0v) is 12.8. The van der Waals surface area contributed by atoms with Gasteiger partial charge in [0.05, 0.1) is 0 Å². The van der Waals surface area contributed by atoms with Crippen LogP contribution in [0.25, 0.3) is 0 Å². The number of carboxylic acids is 1. The van der Waals surface area contributed by atoms with E-state index in [0.717, 1.165) is 18.4 Å². The van der Waals surface area contributed by atoms with E-state index < -0.39 is 5.97 Å². The van der Waals surface area contributed by atoms with E-state index in [0.29, 0.717) is 11.5 Å². The van der Waals surface area contributed by atoms with Crippen molar-refractivity contribution in [3.8, 4) is 0 Å². The average molecular weight is 253 g/mol. The zero-order chi connectivity index (χ0) is 14.3. The molecule has 0 aromatic rings. The predicted octanol–water partition coefficient (Wildman–Crippen LogP) is 3.31. The fourth-order valence-electron chi connectivity index (χ4n) is 3.15. The molecule has 0 aromatic carbocycles. The van der Waals surface area contributed by atoms with Crippen molar-refractivity contribution in [1.82, 2.24) is 4.90 Å². The molecule has 18 heavy (non-hydrogen) atoms. The number of likely N-dealkylation sites (tertiary alicyclic amines) is 1. The number of hydrogen-bond donors (Lipinski definition) is 1. The maximum atomic E-state index is 11.1. The Balaban J connectivity index is 3.08. The van der Waals surface area contributed by atoms with Gasteiger partial charge in [0.2, 0.25) is 0 Å². The van der Waals surface area contributed by atoms with E-state index >= 15 is 0 Å². The molecular formula is C15H27NO2. The van der Waals surface area contributed by atoms with Crippen molar-refractivity contribution in [1.29, 1.82) is 0 Å². The van der Waals surface area contributed by atoms with Gasteiger partial charge < -0.3 is 5.11 Å². The molecule has 3 nitrogen and oxygen atoms in total. The molecule has 104 valence electrons. The standard InChI is InChI=1S/C15H27NO2/c1-10(11(2)13(17)18)12-8-14(3,4)16(7)15(5,6)9-12/h12H,8-9H2,1-7H3,(H,17,18)/b11-10+. The summed E-state index contributed by atoms with van der Waals surface area (Å²) in [5, 5.41) is 9.13. The van der Waals surface area contributed by atoms with Crippen molar-refractivity contribution in [2.75, 3.05) is 7.05 Å². The predicted molar refractivity (Wildman–Crippen MR) is 74.7 cm³/mol. The molecule has 0 spiro atoms. The number of aliphatic carboxylic acids is 1. The first-order valence-electron chi connectivity index (χ1n) is 6.63. The highest BCUT2D eigenvalue weighted by Crippen LogP contribution is 2.43. The molecule has 0 saturated carbocycles. The lowest BCUT2D eigenvalue weighted by molar-refractivity contribution is -0.132. The van der Waals surface area contributed by atoms with E-state index in [-0.39, 0.29) is 11.1 Å². The van der Waals surface area contributed by atoms with Gasteiger partial charge in [-0.15, -0.1) is 0 Å². The number of carbonyl (C=O) groups is 1. The van der Waals surface area contributed by atoms with Gasteiger partial charge in [0.15, 0.2) is 0 Å². The minimum Gasteiger partial charge on any atom is -0.478 e. The smallest absolute Gasteiger partial charge is 0.331 e. The number of nitrogens with zero attached hydrogens (tertiary/aromatic N) is 1. The van der Waals surface area contributed by atoms with Crippen molar-refractivity contribution < 1.29 is 9.90 Å². The summed E-state index contributed by atoms with van der Waals surface area (Å²) in [6.45, 7) is 12.7. The Labute approximate surface area is 111 Å². The highest BCUT2D eigenvalue weighted by molar-refractivity contribution is 5.86. The molecule has 0 unspecified atom stereocenters. The fourth-order valence-corrected chi connectivity index (χ4v) is 3.15. The van der Waals surface area contributed by atoms with Crippen molar-refractivity contribution in [3.63, 3.8) is 0 Å². The van der Waals surface area contributed by atoms with Gasteiger partial charge in [0.1, 0.15) is 0 Å². The van der Waals surface area contributed by atoms with Crippen LogP contribution in [-0.4, -0.2) is 34.1 Å². The molecule has 0 amide bonds. The second-order valence-electron chi connectivity index (χ2n) is 6.90. The summed E-state index contributed by atoms with van der Waals surface area (Å²) in [5.74, 6) is -0.427. The quantitative estimate of drug-likeness (QED) is 0.768. The zero-order valence-electron chi connectivity index (χ0n) is 12.8. The van der Waals surface area contributed by atoms with Crippen molar-refractivity contribution in [2.45, 2.75) is 65.5 Å². The summed E-state index contributed by atoms with van der Waals surface area (Å²) in [4.78, 5) is 13.5. The Kier molecular flexibility index (Phi) is 3.97. The Morgan fingerprint density at radius 3 is 1.83 bits per heavy atom. The number of rotatable bonds is 2. The lowest BCUT2D eigenvalue weighted by Gasteiger charge is -2.54. The molecule has 0 bridgehead atoms. The largest absolute Gasteiger partial charge is 0.478 e. The molecule has 0 aliphatic carbocycles. The number of carboxylic acid groups (broad SMARTS) is 1. The third-order valence-electron chi connectivity index (χ3n) is 4.83. The van der Waals surface area contributed by atoms with Gasteiger partial charge in [-0.1, -0.05) is 5.57 Å². The number of hydrogen-bond acceptors (Lipinski definition) is 2. The minimum absolute atomic E-state index is 0.104. The third-order valence-corrected chi connectivity index (χ3v) is 4.83. The molecule has 0 atom stereocenters. The highest BCUT2D eigenvalue weighted by Gasteiger charge is 2.43. The first-order chi connectivity index (χ1) is 7.99. The molecular weight excluding hydrogens is 226 g/mol. The Morgan fingerprint density at radius 1 is 1.11 bits per heavy atom. The van der Waals surface area contributed by atoms with E-state index in [1.165, 1.54) is 0 Å². The molecule has 1 N–H and O–H groups in total. The maximum absolute atomic E-state index is 11.1. The van der Waals surface area contributed by atoms with Crippen LogP contribution in [0.2, 0.25) is 0 Å². The molecule has 1 aliphatic rings. The van der Waals surface area contributed by atoms with Crippen molar-refractivity contribution >= 4 is 5.97 Å². The van der Waals surface area contributed by atoms with Crippen molar-refractivity contribution in [2.24, 2.45) is 5.92 Å². The van der Waals surface area contributed by atoms with Crippen LogP contribution in [0.1, 0.15) is 54.4 Å². The summed E-state index contributed by atoms with van der Waals surface area (Å²) in [7, 11) is 2.17. The lowest BCUT2D eigenvalue weighted by atomic mass is 9.71. The van der Waals surface area contributed by atoms with Gasteiger partial charge in [0.25, 0.3) is 0 Å². The normalized spacial score (nSPS) is 25.7. The number of allylic oxidation sites excluding steroid dienone is 1. The highest BCUT2D eigenvalue weighted by atomic mass is 16.4. The van der Waals surface area contributed by atoms with E-state index in [9.17, 15) is 4.79 Å². The summed E-state index contributed by atoms with van der Waals surface area (Å²) < 4.78 is 0. The van der Waals surface area contributed by atoms with Gasteiger partial charge in [-0.2, -0.15) is 0 Å². The van der Waals surface area contributed by atoms with Crippen LogP contribution < -0.4 is 0 Å². The van der Waals surface area contributed by atoms with Crippen LogP contribution in [0, 0.1) is 5.92 Å². The average Bonchev–Trinajstić information content (AvgIpc) is 2.22. The fraction of sp³-hybridized carbons (Fsp3) is 0.800. The summed E-state index contributed by atoms with van der Waals surface area (Å²) >= 11 is 0. The summed E-state index contributed by atoms with van der Waals surface area (Å²) in [6.07, 6.45) is 2.03. The molecule has 0 aromatic heterocycles. The van der Waals surface area contributed by atoms with Crippen LogP contribution in [0.5, 0.6) is 0 Å². The van der Waals surface area contributed by atoms with Crippen LogP contribution in [0.15, 0.2) is 11.1 Å². The van der Waals surface area contributed by atoms with Crippen LogP contribution in [0.3, 0.4) is 0 Å². The van der Waals surface area contributed by atoms with Gasteiger partial charge in [-0.05, 0) is 67.3 Å². The minimum atomic E-state index is -0.790. The topological polar surface area (TPSA) is 40.5 Å². The Bertz CT molecular complexity index is 362. The van der Waals surface area contributed by atoms with Gasteiger partial charge in [-0.3, -0.25) is 4.90 Å². The van der Waals surface area contributed by atoms with Crippen LogP contribution >= 0.6 is 0 Å². The van der Waals surface area contributed by atoms with Gasteiger partial charge in [-0.25, -0.2) is 4.79 Å². The van der Waals surface area contributed by atoms with E-state index in [1.54, 1.807) is 6.92 Å². The Morgan fingerprint density at radius 2 is 1.50 bits per heavy atom. The molecule has 1 saturated heterocycles. The molecule has 3 heteroatoms. The second kappa shape index (κ2) is 4.69. The SMILES string of the molecule is C/C(C(=O)O)=C(/C)C1CC(C)(C)N(C)C(C)(C)C1. The monoisotopic (exact) mass is 253 g/mol. The molecule has 1 fully saturated rings. The van der Waals surface area contributed by atoms with E-state index in [1.807, 2.05) is 6.92 Å². The molecule has 0 radical (unpaired) electrons.